The Labute approximate surface area is 157 Å². The Hall–Kier alpha value is -2.89. The van der Waals surface area contributed by atoms with Crippen LogP contribution in [-0.2, 0) is 0 Å². The third-order valence-corrected chi connectivity index (χ3v) is 5.00. The number of fused-ring (bicyclic) bond motifs is 1. The van der Waals surface area contributed by atoms with E-state index in [1.165, 1.54) is 24.9 Å². The minimum absolute atomic E-state index is 0.0620. The molecular weight excluding hydrogens is 343 g/mol. The summed E-state index contributed by atoms with van der Waals surface area (Å²) in [5, 5.41) is 0.544. The van der Waals surface area contributed by atoms with Gasteiger partial charge in [0.05, 0.1) is 16.8 Å². The van der Waals surface area contributed by atoms with Crippen LogP contribution in [0.15, 0.2) is 43.0 Å². The van der Waals surface area contributed by atoms with Gasteiger partial charge in [-0.25, -0.2) is 19.3 Å². The number of pyridine rings is 1. The number of rotatable bonds is 2. The Kier molecular flexibility index (Phi) is 5.05. The first-order chi connectivity index (χ1) is 13.2. The van der Waals surface area contributed by atoms with Gasteiger partial charge in [-0.3, -0.25) is 4.79 Å². The number of carbonyl (C=O) groups excluding carboxylic acids is 1. The van der Waals surface area contributed by atoms with E-state index in [1.807, 2.05) is 4.90 Å². The zero-order valence-electron chi connectivity index (χ0n) is 15.1. The molecule has 0 N–H and O–H groups in total. The number of hydrogen-bond donors (Lipinski definition) is 0. The Morgan fingerprint density at radius 3 is 2.41 bits per heavy atom. The molecule has 0 bridgehead atoms. The Balaban J connectivity index is 1.81. The molecule has 0 spiro atoms. The molecule has 0 saturated carbocycles. The van der Waals surface area contributed by atoms with E-state index in [2.05, 4.69) is 15.0 Å². The molecule has 1 aliphatic heterocycles. The summed E-state index contributed by atoms with van der Waals surface area (Å²) in [7, 11) is 0. The standard InChI is InChI=1S/C21H21FN4O/c22-16-6-7-19-17(10-16)18(11-20(25-19)15-12-23-14-24-13-15)21(27)26-8-4-2-1-3-5-9-26/h6-7,10-14H,1-5,8-9H2. The smallest absolute Gasteiger partial charge is 0.254 e. The molecule has 0 atom stereocenters. The van der Waals surface area contributed by atoms with Crippen LogP contribution in [0.2, 0.25) is 0 Å². The molecule has 1 saturated heterocycles. The summed E-state index contributed by atoms with van der Waals surface area (Å²) in [6.07, 6.45) is 10.3. The van der Waals surface area contributed by atoms with Crippen molar-refractivity contribution in [3.8, 4) is 11.3 Å². The summed E-state index contributed by atoms with van der Waals surface area (Å²) in [5.41, 5.74) is 2.42. The molecular formula is C21H21FN4O. The molecule has 138 valence electrons. The van der Waals surface area contributed by atoms with Gasteiger partial charge in [0.1, 0.15) is 12.1 Å². The summed E-state index contributed by atoms with van der Waals surface area (Å²) < 4.78 is 13.9. The maximum atomic E-state index is 13.9. The summed E-state index contributed by atoms with van der Waals surface area (Å²) in [6.45, 7) is 1.48. The maximum absolute atomic E-state index is 13.9. The minimum atomic E-state index is -0.373. The van der Waals surface area contributed by atoms with Crippen LogP contribution in [-0.4, -0.2) is 38.8 Å². The van der Waals surface area contributed by atoms with E-state index in [0.717, 1.165) is 44.3 Å². The second kappa shape index (κ2) is 7.78. The molecule has 5 nitrogen and oxygen atoms in total. The van der Waals surface area contributed by atoms with E-state index in [-0.39, 0.29) is 11.7 Å². The van der Waals surface area contributed by atoms with E-state index in [9.17, 15) is 9.18 Å². The van der Waals surface area contributed by atoms with Gasteiger partial charge in [-0.1, -0.05) is 19.3 Å². The van der Waals surface area contributed by atoms with Gasteiger partial charge in [0.15, 0.2) is 0 Å². The number of aromatic nitrogens is 3. The number of benzene rings is 1. The normalized spacial score (nSPS) is 15.4. The van der Waals surface area contributed by atoms with Crippen molar-refractivity contribution in [1.82, 2.24) is 19.9 Å². The molecule has 3 heterocycles. The van der Waals surface area contributed by atoms with E-state index in [1.54, 1.807) is 24.5 Å². The average molecular weight is 364 g/mol. The van der Waals surface area contributed by atoms with Crippen molar-refractivity contribution in [3.05, 3.63) is 54.4 Å². The molecule has 0 radical (unpaired) electrons. The van der Waals surface area contributed by atoms with Gasteiger partial charge in [-0.15, -0.1) is 0 Å². The number of halogens is 1. The third kappa shape index (κ3) is 3.79. The third-order valence-electron chi connectivity index (χ3n) is 5.00. The van der Waals surface area contributed by atoms with Gasteiger partial charge in [0.25, 0.3) is 5.91 Å². The summed E-state index contributed by atoms with van der Waals surface area (Å²) in [6, 6.07) is 6.11. The van der Waals surface area contributed by atoms with Crippen LogP contribution in [0.1, 0.15) is 42.5 Å². The molecule has 6 heteroatoms. The highest BCUT2D eigenvalue weighted by Crippen LogP contribution is 2.26. The highest BCUT2D eigenvalue weighted by Gasteiger charge is 2.21. The first-order valence-electron chi connectivity index (χ1n) is 9.37. The lowest BCUT2D eigenvalue weighted by atomic mass is 10.0. The fourth-order valence-corrected chi connectivity index (χ4v) is 3.58. The van der Waals surface area contributed by atoms with Gasteiger partial charge in [0, 0.05) is 36.4 Å². The number of likely N-dealkylation sites (tertiary alicyclic amines) is 1. The number of nitrogens with zero attached hydrogens (tertiary/aromatic N) is 4. The Morgan fingerprint density at radius 2 is 1.67 bits per heavy atom. The molecule has 1 fully saturated rings. The molecule has 0 unspecified atom stereocenters. The lowest BCUT2D eigenvalue weighted by Gasteiger charge is -2.25. The highest BCUT2D eigenvalue weighted by atomic mass is 19.1. The molecule has 1 aromatic carbocycles. The Bertz CT molecular complexity index is 953. The fourth-order valence-electron chi connectivity index (χ4n) is 3.58. The van der Waals surface area contributed by atoms with Crippen LogP contribution in [0.3, 0.4) is 0 Å². The SMILES string of the molecule is O=C(c1cc(-c2cncnc2)nc2ccc(F)cc12)N1CCCCCCC1. The molecule has 4 rings (SSSR count). The minimum Gasteiger partial charge on any atom is -0.339 e. The van der Waals surface area contributed by atoms with Crippen LogP contribution in [0, 0.1) is 5.82 Å². The second-order valence-electron chi connectivity index (χ2n) is 6.90. The number of carbonyl (C=O) groups is 1. The largest absolute Gasteiger partial charge is 0.339 e. The molecule has 1 aliphatic rings. The van der Waals surface area contributed by atoms with Gasteiger partial charge >= 0.3 is 0 Å². The average Bonchev–Trinajstić information content (AvgIpc) is 2.67. The van der Waals surface area contributed by atoms with Crippen LogP contribution in [0.5, 0.6) is 0 Å². The van der Waals surface area contributed by atoms with Crippen molar-refractivity contribution in [2.24, 2.45) is 0 Å². The van der Waals surface area contributed by atoms with Crippen molar-refractivity contribution in [2.45, 2.75) is 32.1 Å². The van der Waals surface area contributed by atoms with E-state index < -0.39 is 0 Å². The molecule has 2 aromatic heterocycles. The quantitative estimate of drug-likeness (QED) is 0.682. The highest BCUT2D eigenvalue weighted by molar-refractivity contribution is 6.07. The maximum Gasteiger partial charge on any atom is 0.254 e. The monoisotopic (exact) mass is 364 g/mol. The molecule has 3 aromatic rings. The summed E-state index contributed by atoms with van der Waals surface area (Å²) in [5.74, 6) is -0.435. The van der Waals surface area contributed by atoms with Crippen LogP contribution < -0.4 is 0 Å². The van der Waals surface area contributed by atoms with Crippen molar-refractivity contribution in [3.63, 3.8) is 0 Å². The van der Waals surface area contributed by atoms with Crippen molar-refractivity contribution < 1.29 is 9.18 Å². The zero-order valence-corrected chi connectivity index (χ0v) is 15.1. The summed E-state index contributed by atoms with van der Waals surface area (Å²) >= 11 is 0. The van der Waals surface area contributed by atoms with Crippen molar-refractivity contribution in [1.29, 1.82) is 0 Å². The lowest BCUT2D eigenvalue weighted by Crippen LogP contribution is -2.34. The predicted molar refractivity (Wildman–Crippen MR) is 102 cm³/mol. The lowest BCUT2D eigenvalue weighted by molar-refractivity contribution is 0.0744. The molecule has 1 amide bonds. The van der Waals surface area contributed by atoms with Gasteiger partial charge in [-0.2, -0.15) is 0 Å². The van der Waals surface area contributed by atoms with Crippen LogP contribution in [0.25, 0.3) is 22.2 Å². The predicted octanol–water partition coefficient (Wildman–Crippen LogP) is 4.24. The topological polar surface area (TPSA) is 59.0 Å². The number of hydrogen-bond acceptors (Lipinski definition) is 4. The van der Waals surface area contributed by atoms with Crippen molar-refractivity contribution >= 4 is 16.8 Å². The van der Waals surface area contributed by atoms with Crippen LogP contribution >= 0.6 is 0 Å². The number of amides is 1. The van der Waals surface area contributed by atoms with E-state index in [0.29, 0.717) is 22.2 Å². The fraction of sp³-hybridized carbons (Fsp3) is 0.333. The zero-order chi connectivity index (χ0) is 18.6. The Morgan fingerprint density at radius 1 is 0.963 bits per heavy atom. The summed E-state index contributed by atoms with van der Waals surface area (Å²) in [4.78, 5) is 27.9. The molecule has 0 aliphatic carbocycles. The molecule has 27 heavy (non-hydrogen) atoms. The van der Waals surface area contributed by atoms with E-state index >= 15 is 0 Å². The van der Waals surface area contributed by atoms with Gasteiger partial charge in [-0.05, 0) is 37.1 Å². The van der Waals surface area contributed by atoms with E-state index in [4.69, 9.17) is 0 Å². The van der Waals surface area contributed by atoms with Gasteiger partial charge < -0.3 is 4.90 Å². The van der Waals surface area contributed by atoms with Crippen molar-refractivity contribution in [2.75, 3.05) is 13.1 Å². The first kappa shape index (κ1) is 17.5. The van der Waals surface area contributed by atoms with Crippen LogP contribution in [0.4, 0.5) is 4.39 Å². The van der Waals surface area contributed by atoms with Gasteiger partial charge in [0.2, 0.25) is 0 Å². The second-order valence-corrected chi connectivity index (χ2v) is 6.90. The first-order valence-corrected chi connectivity index (χ1v) is 9.37.